The van der Waals surface area contributed by atoms with Crippen molar-refractivity contribution in [1.82, 2.24) is 16.1 Å². The molecule has 0 spiro atoms. The summed E-state index contributed by atoms with van der Waals surface area (Å²) < 4.78 is 27.9. The van der Waals surface area contributed by atoms with Gasteiger partial charge in [-0.25, -0.2) is 15.0 Å². The van der Waals surface area contributed by atoms with Crippen molar-refractivity contribution in [2.75, 3.05) is 27.4 Å². The molecule has 5 rings (SSSR count). The summed E-state index contributed by atoms with van der Waals surface area (Å²) >= 11 is 0. The molecule has 1 heterocycles. The topological polar surface area (TPSA) is 146 Å². The SMILES string of the molecule is CCOC(=O)C1=C(C)NC(=O)N[C@@H]1c1ccc(OCC(=O)N/N=C\c2ccc(OCc3ccc4ccccc4c3)c(OC)c2)c(OC)c1. The van der Waals surface area contributed by atoms with Crippen LogP contribution >= 0.6 is 0 Å². The van der Waals surface area contributed by atoms with Crippen LogP contribution < -0.4 is 35.0 Å². The van der Waals surface area contributed by atoms with E-state index in [0.29, 0.717) is 40.7 Å². The first-order chi connectivity index (χ1) is 23.3. The van der Waals surface area contributed by atoms with E-state index in [9.17, 15) is 14.4 Å². The summed E-state index contributed by atoms with van der Waals surface area (Å²) in [6, 6.07) is 23.3. The molecule has 0 unspecified atom stereocenters. The molecule has 0 saturated carbocycles. The van der Waals surface area contributed by atoms with Crippen molar-refractivity contribution in [2.45, 2.75) is 26.5 Å². The number of fused-ring (bicyclic) bond motifs is 1. The normalized spacial score (nSPS) is 14.2. The third-order valence-corrected chi connectivity index (χ3v) is 7.44. The average Bonchev–Trinajstić information content (AvgIpc) is 3.09. The van der Waals surface area contributed by atoms with Gasteiger partial charge in [-0.1, -0.05) is 42.5 Å². The Morgan fingerprint density at radius 2 is 1.60 bits per heavy atom. The maximum atomic E-state index is 12.6. The number of nitrogens with zero attached hydrogens (tertiary/aromatic N) is 1. The summed E-state index contributed by atoms with van der Waals surface area (Å²) in [6.45, 7) is 3.53. The molecule has 0 aliphatic carbocycles. The van der Waals surface area contributed by atoms with Gasteiger partial charge in [-0.15, -0.1) is 0 Å². The summed E-state index contributed by atoms with van der Waals surface area (Å²) in [4.78, 5) is 37.3. The minimum absolute atomic E-state index is 0.182. The third-order valence-electron chi connectivity index (χ3n) is 7.44. The summed E-state index contributed by atoms with van der Waals surface area (Å²) in [6.07, 6.45) is 1.48. The number of benzene rings is 4. The van der Waals surface area contributed by atoms with Crippen LogP contribution in [0.1, 0.15) is 36.6 Å². The maximum Gasteiger partial charge on any atom is 0.338 e. The summed E-state index contributed by atoms with van der Waals surface area (Å²) in [7, 11) is 3.00. The average molecular weight is 653 g/mol. The molecular formula is C36H36N4O8. The zero-order chi connectivity index (χ0) is 34.0. The Morgan fingerprint density at radius 3 is 2.38 bits per heavy atom. The first-order valence-corrected chi connectivity index (χ1v) is 15.2. The Labute approximate surface area is 277 Å². The number of amides is 3. The fraction of sp³-hybridized carbons (Fsp3) is 0.222. The summed E-state index contributed by atoms with van der Waals surface area (Å²) in [5.74, 6) is 0.618. The molecule has 1 aliphatic rings. The lowest BCUT2D eigenvalue weighted by Gasteiger charge is -2.28. The second-order valence-electron chi connectivity index (χ2n) is 10.7. The number of esters is 1. The zero-order valence-electron chi connectivity index (χ0n) is 27.0. The van der Waals surface area contributed by atoms with Gasteiger partial charge in [0, 0.05) is 5.70 Å². The number of methoxy groups -OCH3 is 2. The van der Waals surface area contributed by atoms with Crippen molar-refractivity contribution < 1.29 is 38.1 Å². The van der Waals surface area contributed by atoms with Crippen molar-refractivity contribution in [1.29, 1.82) is 0 Å². The number of carbonyl (C=O) groups excluding carboxylic acids is 3. The zero-order valence-corrected chi connectivity index (χ0v) is 27.0. The van der Waals surface area contributed by atoms with Crippen LogP contribution in [0.5, 0.6) is 23.0 Å². The number of hydrogen-bond acceptors (Lipinski definition) is 9. The highest BCUT2D eigenvalue weighted by Crippen LogP contribution is 2.35. The van der Waals surface area contributed by atoms with Crippen molar-refractivity contribution in [3.63, 3.8) is 0 Å². The summed E-state index contributed by atoms with van der Waals surface area (Å²) in [5.41, 5.74) is 5.37. The van der Waals surface area contributed by atoms with Crippen LogP contribution in [0.2, 0.25) is 0 Å². The number of urea groups is 1. The molecular weight excluding hydrogens is 616 g/mol. The van der Waals surface area contributed by atoms with Crippen molar-refractivity contribution in [2.24, 2.45) is 5.10 Å². The third kappa shape index (κ3) is 8.02. The van der Waals surface area contributed by atoms with Gasteiger partial charge in [0.1, 0.15) is 6.61 Å². The highest BCUT2D eigenvalue weighted by atomic mass is 16.5. The van der Waals surface area contributed by atoms with E-state index in [-0.39, 0.29) is 24.5 Å². The van der Waals surface area contributed by atoms with E-state index in [1.165, 1.54) is 18.7 Å². The van der Waals surface area contributed by atoms with E-state index in [0.717, 1.165) is 10.9 Å². The highest BCUT2D eigenvalue weighted by Gasteiger charge is 2.32. The standard InChI is InChI=1S/C36H36N4O8/c1-5-46-35(42)33-22(2)38-36(43)39-34(33)27-13-15-29(31(18-27)45-4)48-21-32(41)40-37-19-23-11-14-28(30(17-23)44-3)47-20-24-10-12-25-8-6-7-9-26(25)16-24/h6-19,34H,5,20-21H2,1-4H3,(H,40,41)(H2,38,39,43)/b37-19-/t34-/m1/s1. The first-order valence-electron chi connectivity index (χ1n) is 15.2. The Balaban J connectivity index is 1.17. The van der Waals surface area contributed by atoms with E-state index in [2.05, 4.69) is 45.4 Å². The number of hydrazone groups is 1. The Bertz CT molecular complexity index is 1890. The smallest absolute Gasteiger partial charge is 0.338 e. The molecule has 0 aromatic heterocycles. The molecule has 48 heavy (non-hydrogen) atoms. The van der Waals surface area contributed by atoms with Gasteiger partial charge < -0.3 is 34.3 Å². The molecule has 0 fully saturated rings. The molecule has 3 N–H and O–H groups in total. The molecule has 3 amide bonds. The monoisotopic (exact) mass is 652 g/mol. The summed E-state index contributed by atoms with van der Waals surface area (Å²) in [5, 5.41) is 11.7. The molecule has 4 aromatic rings. The minimum atomic E-state index is -0.776. The first kappa shape index (κ1) is 33.3. The number of hydrogen-bond donors (Lipinski definition) is 3. The molecule has 248 valence electrons. The lowest BCUT2D eigenvalue weighted by Crippen LogP contribution is -2.45. The van der Waals surface area contributed by atoms with Gasteiger partial charge >= 0.3 is 12.0 Å². The van der Waals surface area contributed by atoms with Crippen molar-refractivity contribution in [3.05, 3.63) is 107 Å². The van der Waals surface area contributed by atoms with Crippen molar-refractivity contribution >= 4 is 34.9 Å². The van der Waals surface area contributed by atoms with Crippen LogP contribution in [-0.4, -0.2) is 51.6 Å². The second-order valence-corrected chi connectivity index (χ2v) is 10.7. The second kappa shape index (κ2) is 15.5. The lowest BCUT2D eigenvalue weighted by atomic mass is 9.95. The van der Waals surface area contributed by atoms with Crippen LogP contribution in [0.4, 0.5) is 4.79 Å². The van der Waals surface area contributed by atoms with Crippen LogP contribution in [0.25, 0.3) is 10.8 Å². The van der Waals surface area contributed by atoms with Gasteiger partial charge in [-0.05, 0) is 77.7 Å². The molecule has 12 heteroatoms. The number of nitrogens with one attached hydrogen (secondary N) is 3. The van der Waals surface area contributed by atoms with Crippen LogP contribution in [0.15, 0.2) is 95.2 Å². The largest absolute Gasteiger partial charge is 0.493 e. The maximum absolute atomic E-state index is 12.6. The Morgan fingerprint density at radius 1 is 0.875 bits per heavy atom. The molecule has 0 radical (unpaired) electrons. The molecule has 0 saturated heterocycles. The lowest BCUT2D eigenvalue weighted by molar-refractivity contribution is -0.139. The number of ether oxygens (including phenoxy) is 5. The van der Waals surface area contributed by atoms with Gasteiger partial charge in [0.05, 0.1) is 38.7 Å². The van der Waals surface area contributed by atoms with Gasteiger partial charge in [0.2, 0.25) is 0 Å². The molecule has 1 atom stereocenters. The predicted molar refractivity (Wildman–Crippen MR) is 179 cm³/mol. The molecule has 0 bridgehead atoms. The minimum Gasteiger partial charge on any atom is -0.493 e. The number of allylic oxidation sites excluding steroid dienone is 1. The van der Waals surface area contributed by atoms with E-state index in [1.807, 2.05) is 18.2 Å². The number of carbonyl (C=O) groups is 3. The quantitative estimate of drug-likeness (QED) is 0.102. The van der Waals surface area contributed by atoms with E-state index in [4.69, 9.17) is 23.7 Å². The fourth-order valence-corrected chi connectivity index (χ4v) is 5.13. The van der Waals surface area contributed by atoms with Crippen LogP contribution in [0, 0.1) is 0 Å². The molecule has 4 aromatic carbocycles. The number of rotatable bonds is 13. The van der Waals surface area contributed by atoms with Gasteiger partial charge in [0.25, 0.3) is 5.91 Å². The Hall–Kier alpha value is -6.04. The van der Waals surface area contributed by atoms with E-state index in [1.54, 1.807) is 57.4 Å². The van der Waals surface area contributed by atoms with Crippen LogP contribution in [0.3, 0.4) is 0 Å². The van der Waals surface area contributed by atoms with Gasteiger partial charge in [-0.3, -0.25) is 4.79 Å². The fourth-order valence-electron chi connectivity index (χ4n) is 5.13. The molecule has 1 aliphatic heterocycles. The van der Waals surface area contributed by atoms with Gasteiger partial charge in [-0.2, -0.15) is 5.10 Å². The van der Waals surface area contributed by atoms with Crippen molar-refractivity contribution in [3.8, 4) is 23.0 Å². The van der Waals surface area contributed by atoms with E-state index >= 15 is 0 Å². The highest BCUT2D eigenvalue weighted by molar-refractivity contribution is 5.95. The molecule has 12 nitrogen and oxygen atoms in total. The Kier molecular flexibility index (Phi) is 10.8. The van der Waals surface area contributed by atoms with Crippen LogP contribution in [-0.2, 0) is 20.9 Å². The van der Waals surface area contributed by atoms with Gasteiger partial charge in [0.15, 0.2) is 29.6 Å². The van der Waals surface area contributed by atoms with E-state index < -0.39 is 23.9 Å². The predicted octanol–water partition coefficient (Wildman–Crippen LogP) is 5.16.